The van der Waals surface area contributed by atoms with E-state index < -0.39 is 51.7 Å². The number of carbonyl (C=O) groups excluding carboxylic acids is 4. The molecule has 1 aromatic heterocycles. The normalized spacial score (nSPS) is 13.4. The van der Waals surface area contributed by atoms with Gasteiger partial charge in [-0.25, -0.2) is 18.1 Å². The number of Topliss-reactive ketones (excluding diaryl/α,β-unsaturated/α-hetero) is 1. The van der Waals surface area contributed by atoms with Gasteiger partial charge in [0.1, 0.15) is 12.1 Å². The quantitative estimate of drug-likeness (QED) is 0.0457. The van der Waals surface area contributed by atoms with Crippen molar-refractivity contribution in [2.75, 3.05) is 12.8 Å². The first-order valence-corrected chi connectivity index (χ1v) is 16.4. The third-order valence-corrected chi connectivity index (χ3v) is 8.15. The average Bonchev–Trinajstić information content (AvgIpc) is 3.40. The standard InChI is InChI=1S/C28H36N8O6S2/c1-44(41,42)36-20(13-14-23(29)37)25(39)34-21(16-17-8-3-2-4-9-17)26(40)33-19(11-7-15-32-28(30)31)24(38)27-35-18-10-5-6-12-22(18)43-27/h2-6,8-10,12,19-21,36H,7,11,13-16H2,1H3,(H2,29,37)(H,33,40)(H,34,39)(H4,30,31,32). The van der Waals surface area contributed by atoms with Crippen LogP contribution in [0.25, 0.3) is 10.2 Å². The predicted molar refractivity (Wildman–Crippen MR) is 167 cm³/mol. The molecule has 0 fully saturated rings. The van der Waals surface area contributed by atoms with E-state index in [0.29, 0.717) is 17.5 Å². The van der Waals surface area contributed by atoms with Crippen LogP contribution in [0.5, 0.6) is 0 Å². The summed E-state index contributed by atoms with van der Waals surface area (Å²) in [5.74, 6) is -2.92. The molecule has 3 unspecified atom stereocenters. The van der Waals surface area contributed by atoms with Gasteiger partial charge in [-0.05, 0) is 37.0 Å². The van der Waals surface area contributed by atoms with E-state index in [0.717, 1.165) is 11.0 Å². The molecule has 0 spiro atoms. The Hall–Kier alpha value is -4.41. The zero-order valence-electron chi connectivity index (χ0n) is 24.0. The van der Waals surface area contributed by atoms with E-state index in [1.54, 1.807) is 42.5 Å². The van der Waals surface area contributed by atoms with Gasteiger partial charge in [0.2, 0.25) is 33.5 Å². The van der Waals surface area contributed by atoms with Crippen LogP contribution >= 0.6 is 11.3 Å². The first-order chi connectivity index (χ1) is 20.8. The Morgan fingerprint density at radius 2 is 1.55 bits per heavy atom. The monoisotopic (exact) mass is 644 g/mol. The fourth-order valence-electron chi connectivity index (χ4n) is 4.32. The number of benzene rings is 2. The Morgan fingerprint density at radius 1 is 0.909 bits per heavy atom. The zero-order chi connectivity index (χ0) is 32.3. The number of guanidine groups is 1. The van der Waals surface area contributed by atoms with Crippen LogP contribution in [0, 0.1) is 5.41 Å². The number of amides is 3. The summed E-state index contributed by atoms with van der Waals surface area (Å²) in [5, 5.41) is 15.6. The number of rotatable bonds is 17. The van der Waals surface area contributed by atoms with E-state index in [4.69, 9.17) is 16.9 Å². The lowest BCUT2D eigenvalue weighted by atomic mass is 10.0. The molecule has 0 saturated carbocycles. The maximum Gasteiger partial charge on any atom is 0.243 e. The lowest BCUT2D eigenvalue weighted by molar-refractivity contribution is -0.130. The van der Waals surface area contributed by atoms with Gasteiger partial charge < -0.3 is 27.4 Å². The molecule has 0 bridgehead atoms. The number of nitrogens with two attached hydrogens (primary N) is 2. The first kappa shape index (κ1) is 34.1. The Kier molecular flexibility index (Phi) is 12.3. The van der Waals surface area contributed by atoms with Gasteiger partial charge in [0, 0.05) is 19.4 Å². The summed E-state index contributed by atoms with van der Waals surface area (Å²) in [6, 6.07) is 12.4. The number of nitrogens with zero attached hydrogens (tertiary/aromatic N) is 1. The molecule has 0 radical (unpaired) electrons. The fourth-order valence-corrected chi connectivity index (χ4v) is 6.02. The molecular formula is C28H36N8O6S2. The van der Waals surface area contributed by atoms with Crippen molar-refractivity contribution in [2.45, 2.75) is 50.2 Å². The highest BCUT2D eigenvalue weighted by Gasteiger charge is 2.31. The summed E-state index contributed by atoms with van der Waals surface area (Å²) in [6.45, 7) is 0.276. The number of sulfonamides is 1. The molecule has 0 saturated heterocycles. The molecule has 0 aliphatic carbocycles. The van der Waals surface area contributed by atoms with Crippen LogP contribution < -0.4 is 32.1 Å². The highest BCUT2D eigenvalue weighted by Crippen LogP contribution is 2.23. The number of primary amides is 1. The van der Waals surface area contributed by atoms with Gasteiger partial charge in [-0.15, -0.1) is 11.3 Å². The number of hydrogen-bond donors (Lipinski definition) is 7. The van der Waals surface area contributed by atoms with Crippen LogP contribution in [0.4, 0.5) is 0 Å². The molecule has 14 nitrogen and oxygen atoms in total. The number of ketones is 1. The minimum atomic E-state index is -3.87. The number of thiazole rings is 1. The van der Waals surface area contributed by atoms with Crippen molar-refractivity contribution in [3.05, 3.63) is 65.2 Å². The van der Waals surface area contributed by atoms with E-state index in [1.165, 1.54) is 11.3 Å². The van der Waals surface area contributed by atoms with Crippen molar-refractivity contribution in [2.24, 2.45) is 11.5 Å². The number of aromatic nitrogens is 1. The number of hydrogen-bond acceptors (Lipinski definition) is 9. The van der Waals surface area contributed by atoms with E-state index in [9.17, 15) is 27.6 Å². The van der Waals surface area contributed by atoms with Crippen molar-refractivity contribution < 1.29 is 27.6 Å². The van der Waals surface area contributed by atoms with Crippen LogP contribution in [-0.4, -0.2) is 73.8 Å². The van der Waals surface area contributed by atoms with Crippen LogP contribution in [0.3, 0.4) is 0 Å². The third-order valence-electron chi connectivity index (χ3n) is 6.39. The summed E-state index contributed by atoms with van der Waals surface area (Å²) in [4.78, 5) is 56.4. The van der Waals surface area contributed by atoms with Gasteiger partial charge in [0.25, 0.3) is 0 Å². The molecule has 236 valence electrons. The molecule has 44 heavy (non-hydrogen) atoms. The van der Waals surface area contributed by atoms with Gasteiger partial charge >= 0.3 is 0 Å². The molecule has 1 heterocycles. The molecule has 3 rings (SSSR count). The van der Waals surface area contributed by atoms with E-state index in [1.807, 2.05) is 12.1 Å². The fraction of sp³-hybridized carbons (Fsp3) is 0.357. The van der Waals surface area contributed by atoms with Crippen LogP contribution in [0.15, 0.2) is 54.6 Å². The third kappa shape index (κ3) is 11.0. The number of para-hydroxylation sites is 1. The smallest absolute Gasteiger partial charge is 0.243 e. The molecule has 0 aliphatic rings. The van der Waals surface area contributed by atoms with Crippen molar-refractivity contribution in [1.82, 2.24) is 25.7 Å². The minimum Gasteiger partial charge on any atom is -0.370 e. The first-order valence-electron chi connectivity index (χ1n) is 13.7. The van der Waals surface area contributed by atoms with Crippen molar-refractivity contribution in [1.29, 1.82) is 5.41 Å². The second kappa shape index (κ2) is 15.9. The molecule has 3 aromatic rings. The lowest BCUT2D eigenvalue weighted by Gasteiger charge is -2.25. The summed E-state index contributed by atoms with van der Waals surface area (Å²) in [6.07, 6.45) is 0.922. The second-order valence-corrected chi connectivity index (χ2v) is 12.9. The second-order valence-electron chi connectivity index (χ2n) is 10.1. The van der Waals surface area contributed by atoms with Gasteiger partial charge in [-0.2, -0.15) is 0 Å². The number of carbonyl (C=O) groups is 4. The summed E-state index contributed by atoms with van der Waals surface area (Å²) in [7, 11) is -3.87. The summed E-state index contributed by atoms with van der Waals surface area (Å²) < 4.78 is 26.8. The highest BCUT2D eigenvalue weighted by atomic mass is 32.2. The summed E-state index contributed by atoms with van der Waals surface area (Å²) >= 11 is 1.19. The van der Waals surface area contributed by atoms with Crippen LogP contribution in [0.2, 0.25) is 0 Å². The molecule has 3 amide bonds. The van der Waals surface area contributed by atoms with Crippen molar-refractivity contribution in [3.63, 3.8) is 0 Å². The van der Waals surface area contributed by atoms with Crippen molar-refractivity contribution in [3.8, 4) is 0 Å². The van der Waals surface area contributed by atoms with Gasteiger partial charge in [-0.1, -0.05) is 42.5 Å². The predicted octanol–water partition coefficient (Wildman–Crippen LogP) is 0.138. The van der Waals surface area contributed by atoms with Gasteiger partial charge in [0.15, 0.2) is 11.0 Å². The van der Waals surface area contributed by atoms with E-state index in [-0.39, 0.29) is 43.2 Å². The highest BCUT2D eigenvalue weighted by molar-refractivity contribution is 7.88. The van der Waals surface area contributed by atoms with Gasteiger partial charge in [-0.3, -0.25) is 24.6 Å². The SMILES string of the molecule is CS(=O)(=O)NC(CCC(N)=O)C(=O)NC(Cc1ccccc1)C(=O)NC(CCCNC(=N)N)C(=O)c1nc2ccccc2s1. The maximum absolute atomic E-state index is 13.7. The Bertz CT molecular complexity index is 1560. The Morgan fingerprint density at radius 3 is 2.18 bits per heavy atom. The Balaban J connectivity index is 1.87. The molecule has 3 atom stereocenters. The van der Waals surface area contributed by atoms with E-state index in [2.05, 4.69) is 25.7 Å². The lowest BCUT2D eigenvalue weighted by Crippen LogP contribution is -2.56. The maximum atomic E-state index is 13.7. The molecular weight excluding hydrogens is 608 g/mol. The van der Waals surface area contributed by atoms with Crippen molar-refractivity contribution >= 4 is 61.0 Å². The zero-order valence-corrected chi connectivity index (χ0v) is 25.7. The molecule has 2 aromatic carbocycles. The molecule has 9 N–H and O–H groups in total. The number of nitrogens with one attached hydrogen (secondary N) is 5. The van der Waals surface area contributed by atoms with E-state index >= 15 is 0 Å². The molecule has 0 aliphatic heterocycles. The largest absolute Gasteiger partial charge is 0.370 e. The average molecular weight is 645 g/mol. The Labute approximate surface area is 258 Å². The topological polar surface area (TPSA) is 239 Å². The number of fused-ring (bicyclic) bond motifs is 1. The summed E-state index contributed by atoms with van der Waals surface area (Å²) in [5.41, 5.74) is 11.9. The minimum absolute atomic E-state index is 0.0216. The molecule has 16 heteroatoms. The van der Waals surface area contributed by atoms with Gasteiger partial charge in [0.05, 0.1) is 22.5 Å². The van der Waals surface area contributed by atoms with Crippen LogP contribution in [-0.2, 0) is 30.8 Å². The van der Waals surface area contributed by atoms with Crippen LogP contribution in [0.1, 0.15) is 41.0 Å².